The van der Waals surface area contributed by atoms with Crippen molar-refractivity contribution in [3.8, 4) is 5.75 Å². The summed E-state index contributed by atoms with van der Waals surface area (Å²) in [6.45, 7) is 1.88. The first-order valence-corrected chi connectivity index (χ1v) is 4.94. The number of phenols is 1. The monoisotopic (exact) mass is 207 g/mol. The zero-order valence-electron chi connectivity index (χ0n) is 8.47. The zero-order chi connectivity index (χ0) is 11.0. The SMILES string of the molecule is C[C@H]1CCc2c(O)cccc2N1C(=O)O. The van der Waals surface area contributed by atoms with E-state index >= 15 is 0 Å². The van der Waals surface area contributed by atoms with E-state index in [1.54, 1.807) is 18.2 Å². The highest BCUT2D eigenvalue weighted by molar-refractivity contribution is 5.89. The number of rotatable bonds is 0. The summed E-state index contributed by atoms with van der Waals surface area (Å²) in [5.74, 6) is 0.186. The van der Waals surface area contributed by atoms with E-state index in [-0.39, 0.29) is 11.8 Å². The minimum atomic E-state index is -0.964. The van der Waals surface area contributed by atoms with Gasteiger partial charge in [0, 0.05) is 11.6 Å². The van der Waals surface area contributed by atoms with Gasteiger partial charge >= 0.3 is 6.09 Å². The van der Waals surface area contributed by atoms with E-state index in [0.29, 0.717) is 5.69 Å². The number of hydrogen-bond acceptors (Lipinski definition) is 2. The molecule has 2 rings (SSSR count). The van der Waals surface area contributed by atoms with Gasteiger partial charge < -0.3 is 10.2 Å². The largest absolute Gasteiger partial charge is 0.508 e. The van der Waals surface area contributed by atoms with Gasteiger partial charge in [0.25, 0.3) is 0 Å². The molecular formula is C11H13NO3. The molecule has 0 aliphatic carbocycles. The number of carboxylic acid groups (broad SMARTS) is 1. The van der Waals surface area contributed by atoms with E-state index in [4.69, 9.17) is 5.11 Å². The molecule has 4 nitrogen and oxygen atoms in total. The van der Waals surface area contributed by atoms with Crippen molar-refractivity contribution in [2.24, 2.45) is 0 Å². The maximum Gasteiger partial charge on any atom is 0.412 e. The van der Waals surface area contributed by atoms with Gasteiger partial charge in [-0.25, -0.2) is 4.79 Å². The third-order valence-corrected chi connectivity index (χ3v) is 2.85. The van der Waals surface area contributed by atoms with Crippen molar-refractivity contribution >= 4 is 11.8 Å². The Kier molecular flexibility index (Phi) is 2.26. The lowest BCUT2D eigenvalue weighted by atomic mass is 9.96. The van der Waals surface area contributed by atoms with Crippen molar-refractivity contribution in [1.29, 1.82) is 0 Å². The van der Waals surface area contributed by atoms with Crippen LogP contribution in [0, 0.1) is 0 Å². The van der Waals surface area contributed by atoms with Crippen molar-refractivity contribution < 1.29 is 15.0 Å². The smallest absolute Gasteiger partial charge is 0.412 e. The molecule has 1 aromatic carbocycles. The molecule has 4 heteroatoms. The Balaban J connectivity index is 2.53. The van der Waals surface area contributed by atoms with E-state index in [1.807, 2.05) is 6.92 Å². The Hall–Kier alpha value is -1.71. The number of fused-ring (bicyclic) bond motifs is 1. The normalized spacial score (nSPS) is 19.8. The molecule has 15 heavy (non-hydrogen) atoms. The summed E-state index contributed by atoms with van der Waals surface area (Å²) in [6, 6.07) is 4.97. The van der Waals surface area contributed by atoms with Gasteiger partial charge in [0.05, 0.1) is 5.69 Å². The van der Waals surface area contributed by atoms with Crippen LogP contribution in [0.4, 0.5) is 10.5 Å². The Morgan fingerprint density at radius 3 is 2.93 bits per heavy atom. The quantitative estimate of drug-likeness (QED) is 0.685. The van der Waals surface area contributed by atoms with Gasteiger partial charge in [-0.05, 0) is 31.9 Å². The van der Waals surface area contributed by atoms with E-state index in [1.165, 1.54) is 4.90 Å². The van der Waals surface area contributed by atoms with Gasteiger partial charge in [0.15, 0.2) is 0 Å². The van der Waals surface area contributed by atoms with E-state index in [9.17, 15) is 9.90 Å². The molecule has 0 aromatic heterocycles. The maximum absolute atomic E-state index is 11.1. The van der Waals surface area contributed by atoms with Crippen LogP contribution >= 0.6 is 0 Å². The van der Waals surface area contributed by atoms with Crippen LogP contribution in [-0.2, 0) is 6.42 Å². The molecule has 0 bridgehead atoms. The first kappa shape index (κ1) is 9.83. The molecule has 1 aliphatic heterocycles. The van der Waals surface area contributed by atoms with Gasteiger partial charge in [0.1, 0.15) is 5.75 Å². The van der Waals surface area contributed by atoms with Gasteiger partial charge in [-0.3, -0.25) is 4.90 Å². The number of aromatic hydroxyl groups is 1. The molecule has 0 fully saturated rings. The maximum atomic E-state index is 11.1. The summed E-state index contributed by atoms with van der Waals surface area (Å²) in [7, 11) is 0. The number of anilines is 1. The molecule has 0 saturated heterocycles. The molecule has 0 unspecified atom stereocenters. The van der Waals surface area contributed by atoms with E-state index in [0.717, 1.165) is 18.4 Å². The summed E-state index contributed by atoms with van der Waals surface area (Å²) in [5, 5.41) is 18.7. The second-order valence-corrected chi connectivity index (χ2v) is 3.82. The standard InChI is InChI=1S/C11H13NO3/c1-7-5-6-8-9(12(7)11(14)15)3-2-4-10(8)13/h2-4,7,13H,5-6H2,1H3,(H,14,15)/t7-/m0/s1. The summed E-state index contributed by atoms with van der Waals surface area (Å²) in [5.41, 5.74) is 1.35. The number of hydrogen-bond donors (Lipinski definition) is 2. The number of phenolic OH excluding ortho intramolecular Hbond substituents is 1. The van der Waals surface area contributed by atoms with Gasteiger partial charge in [-0.2, -0.15) is 0 Å². The molecule has 0 radical (unpaired) electrons. The van der Waals surface area contributed by atoms with Gasteiger partial charge in [0.2, 0.25) is 0 Å². The number of amides is 1. The van der Waals surface area contributed by atoms with Crippen LogP contribution in [0.25, 0.3) is 0 Å². The van der Waals surface area contributed by atoms with Crippen molar-refractivity contribution in [1.82, 2.24) is 0 Å². The number of nitrogens with zero attached hydrogens (tertiary/aromatic N) is 1. The minimum absolute atomic E-state index is 0.0307. The highest BCUT2D eigenvalue weighted by Crippen LogP contribution is 2.35. The Labute approximate surface area is 87.8 Å². The first-order chi connectivity index (χ1) is 7.11. The molecule has 80 valence electrons. The molecule has 1 atom stereocenters. The molecule has 1 aromatic rings. The zero-order valence-corrected chi connectivity index (χ0v) is 8.47. The average Bonchev–Trinajstić information content (AvgIpc) is 2.17. The van der Waals surface area contributed by atoms with Crippen LogP contribution in [0.5, 0.6) is 5.75 Å². The van der Waals surface area contributed by atoms with Crippen LogP contribution in [-0.4, -0.2) is 22.3 Å². The molecule has 0 spiro atoms. The van der Waals surface area contributed by atoms with E-state index < -0.39 is 6.09 Å². The Bertz CT molecular complexity index is 403. The van der Waals surface area contributed by atoms with E-state index in [2.05, 4.69) is 0 Å². The molecule has 1 aliphatic rings. The summed E-state index contributed by atoms with van der Waals surface area (Å²) in [4.78, 5) is 12.4. The number of benzene rings is 1. The summed E-state index contributed by atoms with van der Waals surface area (Å²) < 4.78 is 0. The average molecular weight is 207 g/mol. The third-order valence-electron chi connectivity index (χ3n) is 2.85. The molecule has 1 heterocycles. The van der Waals surface area contributed by atoms with Crippen LogP contribution in [0.2, 0.25) is 0 Å². The predicted octanol–water partition coefficient (Wildman–Crippen LogP) is 2.21. The second-order valence-electron chi connectivity index (χ2n) is 3.82. The van der Waals surface area contributed by atoms with Crippen molar-refractivity contribution in [2.75, 3.05) is 4.90 Å². The van der Waals surface area contributed by atoms with Crippen molar-refractivity contribution in [3.63, 3.8) is 0 Å². The minimum Gasteiger partial charge on any atom is -0.508 e. The fourth-order valence-electron chi connectivity index (χ4n) is 2.06. The highest BCUT2D eigenvalue weighted by atomic mass is 16.4. The third kappa shape index (κ3) is 1.52. The van der Waals surface area contributed by atoms with Crippen LogP contribution in [0.1, 0.15) is 18.9 Å². The highest BCUT2D eigenvalue weighted by Gasteiger charge is 2.29. The van der Waals surface area contributed by atoms with Crippen LogP contribution in [0.3, 0.4) is 0 Å². The Morgan fingerprint density at radius 1 is 1.53 bits per heavy atom. The van der Waals surface area contributed by atoms with Gasteiger partial charge in [-0.15, -0.1) is 0 Å². The summed E-state index contributed by atoms with van der Waals surface area (Å²) in [6.07, 6.45) is 0.512. The topological polar surface area (TPSA) is 60.8 Å². The van der Waals surface area contributed by atoms with Crippen molar-refractivity contribution in [2.45, 2.75) is 25.8 Å². The van der Waals surface area contributed by atoms with Crippen LogP contribution < -0.4 is 4.90 Å². The fraction of sp³-hybridized carbons (Fsp3) is 0.364. The summed E-state index contributed by atoms with van der Waals surface area (Å²) >= 11 is 0. The van der Waals surface area contributed by atoms with Crippen LogP contribution in [0.15, 0.2) is 18.2 Å². The number of carbonyl (C=O) groups is 1. The molecule has 1 amide bonds. The Morgan fingerprint density at radius 2 is 2.27 bits per heavy atom. The fourth-order valence-corrected chi connectivity index (χ4v) is 2.06. The van der Waals surface area contributed by atoms with Crippen molar-refractivity contribution in [3.05, 3.63) is 23.8 Å². The predicted molar refractivity (Wildman–Crippen MR) is 56.4 cm³/mol. The second kappa shape index (κ2) is 3.46. The lowest BCUT2D eigenvalue weighted by Crippen LogP contribution is -2.41. The molecule has 2 N–H and O–H groups in total. The first-order valence-electron chi connectivity index (χ1n) is 4.94. The molecular weight excluding hydrogens is 194 g/mol. The van der Waals surface area contributed by atoms with Gasteiger partial charge in [-0.1, -0.05) is 6.07 Å². The molecule has 0 saturated carbocycles. The lowest BCUT2D eigenvalue weighted by Gasteiger charge is -2.33. The lowest BCUT2D eigenvalue weighted by molar-refractivity contribution is 0.198.